The van der Waals surface area contributed by atoms with Crippen molar-refractivity contribution in [1.82, 2.24) is 4.98 Å². The highest BCUT2D eigenvalue weighted by Crippen LogP contribution is 2.29. The van der Waals surface area contributed by atoms with E-state index in [1.165, 1.54) is 0 Å². The maximum atomic E-state index is 9.75. The van der Waals surface area contributed by atoms with Crippen LogP contribution in [0.15, 0.2) is 36.5 Å². The topological polar surface area (TPSA) is 51.6 Å². The molecule has 0 bridgehead atoms. The van der Waals surface area contributed by atoms with Crippen molar-refractivity contribution in [3.63, 3.8) is 0 Å². The molecule has 4 nitrogen and oxygen atoms in total. The number of methoxy groups -OCH3 is 1. The molecule has 0 aliphatic rings. The van der Waals surface area contributed by atoms with Crippen molar-refractivity contribution in [2.45, 2.75) is 19.6 Å². The van der Waals surface area contributed by atoms with Gasteiger partial charge in [-0.2, -0.15) is 0 Å². The van der Waals surface area contributed by atoms with Crippen molar-refractivity contribution < 1.29 is 14.6 Å². The van der Waals surface area contributed by atoms with Crippen LogP contribution in [0.25, 0.3) is 0 Å². The summed E-state index contributed by atoms with van der Waals surface area (Å²) in [6.07, 6.45) is 1.01. The van der Waals surface area contributed by atoms with Crippen LogP contribution in [-0.4, -0.2) is 17.2 Å². The van der Waals surface area contributed by atoms with Crippen molar-refractivity contribution >= 4 is 11.6 Å². The van der Waals surface area contributed by atoms with Gasteiger partial charge in [0.25, 0.3) is 0 Å². The number of ether oxygens (including phenoxy) is 2. The number of benzene rings is 1. The van der Waals surface area contributed by atoms with E-state index >= 15 is 0 Å². The summed E-state index contributed by atoms with van der Waals surface area (Å²) in [6.45, 7) is 1.97. The van der Waals surface area contributed by atoms with Gasteiger partial charge in [0.05, 0.1) is 18.8 Å². The normalized spacial score (nSPS) is 12.0. The average molecular weight is 294 g/mol. The maximum absolute atomic E-state index is 9.75. The van der Waals surface area contributed by atoms with Gasteiger partial charge >= 0.3 is 0 Å². The van der Waals surface area contributed by atoms with Gasteiger partial charge in [0.2, 0.25) is 5.88 Å². The summed E-state index contributed by atoms with van der Waals surface area (Å²) < 4.78 is 10.9. The molecule has 1 aromatic carbocycles. The second-order valence-corrected chi connectivity index (χ2v) is 4.76. The first-order valence-electron chi connectivity index (χ1n) is 6.20. The van der Waals surface area contributed by atoms with Gasteiger partial charge in [-0.1, -0.05) is 11.6 Å². The lowest BCUT2D eigenvalue weighted by atomic mass is 10.1. The van der Waals surface area contributed by atoms with Crippen LogP contribution in [-0.2, 0) is 6.61 Å². The van der Waals surface area contributed by atoms with Crippen LogP contribution >= 0.6 is 11.6 Å². The molecular weight excluding hydrogens is 278 g/mol. The Hall–Kier alpha value is -1.78. The second-order valence-electron chi connectivity index (χ2n) is 4.32. The van der Waals surface area contributed by atoms with Gasteiger partial charge in [0, 0.05) is 16.8 Å². The molecule has 106 valence electrons. The van der Waals surface area contributed by atoms with Gasteiger partial charge in [-0.3, -0.25) is 0 Å². The fourth-order valence-corrected chi connectivity index (χ4v) is 2.03. The standard InChI is InChI=1S/C15H16ClNO3/c1-10(18)13-8-12(16)5-6-14(13)20-9-11-4-3-7-17-15(11)19-2/h3-8,10,18H,9H2,1-2H3/t10-/m0/s1. The first-order valence-corrected chi connectivity index (χ1v) is 6.58. The van der Waals surface area contributed by atoms with Crippen molar-refractivity contribution in [3.8, 4) is 11.6 Å². The molecule has 1 N–H and O–H groups in total. The fourth-order valence-electron chi connectivity index (χ4n) is 1.85. The van der Waals surface area contributed by atoms with Crippen molar-refractivity contribution in [2.24, 2.45) is 0 Å². The molecule has 20 heavy (non-hydrogen) atoms. The highest BCUT2D eigenvalue weighted by molar-refractivity contribution is 6.30. The molecule has 1 aromatic heterocycles. The number of aliphatic hydroxyl groups excluding tert-OH is 1. The van der Waals surface area contributed by atoms with Crippen LogP contribution in [0.2, 0.25) is 5.02 Å². The summed E-state index contributed by atoms with van der Waals surface area (Å²) in [4.78, 5) is 4.11. The van der Waals surface area contributed by atoms with E-state index < -0.39 is 6.10 Å². The lowest BCUT2D eigenvalue weighted by Crippen LogP contribution is -2.03. The Morgan fingerprint density at radius 1 is 1.35 bits per heavy atom. The van der Waals surface area contributed by atoms with E-state index in [0.29, 0.717) is 28.8 Å². The number of rotatable bonds is 5. The van der Waals surface area contributed by atoms with E-state index in [1.807, 2.05) is 12.1 Å². The molecule has 0 aliphatic carbocycles. The third kappa shape index (κ3) is 3.40. The van der Waals surface area contributed by atoms with E-state index in [0.717, 1.165) is 5.56 Å². The summed E-state index contributed by atoms with van der Waals surface area (Å²) >= 11 is 5.93. The van der Waals surface area contributed by atoms with Gasteiger partial charge < -0.3 is 14.6 Å². The Labute approximate surface area is 122 Å². The lowest BCUT2D eigenvalue weighted by Gasteiger charge is -2.14. The molecule has 1 heterocycles. The van der Waals surface area contributed by atoms with Crippen molar-refractivity contribution in [2.75, 3.05) is 7.11 Å². The Balaban J connectivity index is 2.19. The third-order valence-corrected chi connectivity index (χ3v) is 3.08. The highest BCUT2D eigenvalue weighted by Gasteiger charge is 2.11. The minimum atomic E-state index is -0.653. The molecule has 0 aliphatic heterocycles. The summed E-state index contributed by atoms with van der Waals surface area (Å²) in [5.74, 6) is 1.12. The molecule has 2 rings (SSSR count). The molecule has 2 aromatic rings. The Morgan fingerprint density at radius 2 is 2.15 bits per heavy atom. The molecule has 0 radical (unpaired) electrons. The number of nitrogens with zero attached hydrogens (tertiary/aromatic N) is 1. The largest absolute Gasteiger partial charge is 0.488 e. The van der Waals surface area contributed by atoms with Crippen LogP contribution < -0.4 is 9.47 Å². The minimum absolute atomic E-state index is 0.304. The highest BCUT2D eigenvalue weighted by atomic mass is 35.5. The van der Waals surface area contributed by atoms with Gasteiger partial charge in [-0.05, 0) is 37.3 Å². The zero-order valence-electron chi connectivity index (χ0n) is 11.3. The summed E-state index contributed by atoms with van der Waals surface area (Å²) in [6, 6.07) is 8.86. The predicted octanol–water partition coefficient (Wildman–Crippen LogP) is 3.38. The zero-order valence-corrected chi connectivity index (χ0v) is 12.1. The number of hydrogen-bond donors (Lipinski definition) is 1. The molecule has 0 unspecified atom stereocenters. The van der Waals surface area contributed by atoms with Crippen molar-refractivity contribution in [3.05, 3.63) is 52.7 Å². The van der Waals surface area contributed by atoms with Crippen LogP contribution in [0.1, 0.15) is 24.2 Å². The zero-order chi connectivity index (χ0) is 14.5. The summed E-state index contributed by atoms with van der Waals surface area (Å²) in [5.41, 5.74) is 1.49. The van der Waals surface area contributed by atoms with Gasteiger partial charge in [0.1, 0.15) is 12.4 Å². The number of aliphatic hydroxyl groups is 1. The maximum Gasteiger partial charge on any atom is 0.219 e. The third-order valence-electron chi connectivity index (χ3n) is 2.85. The first kappa shape index (κ1) is 14.6. The van der Waals surface area contributed by atoms with E-state index in [2.05, 4.69) is 4.98 Å². The summed E-state index contributed by atoms with van der Waals surface area (Å²) in [5, 5.41) is 10.3. The molecule has 0 saturated heterocycles. The van der Waals surface area contributed by atoms with Crippen molar-refractivity contribution in [1.29, 1.82) is 0 Å². The van der Waals surface area contributed by atoms with Gasteiger partial charge in [0.15, 0.2) is 0 Å². The predicted molar refractivity (Wildman–Crippen MR) is 77.2 cm³/mol. The molecule has 0 fully saturated rings. The SMILES string of the molecule is COc1ncccc1COc1ccc(Cl)cc1[C@H](C)O. The Kier molecular flexibility index (Phi) is 4.82. The summed E-state index contributed by atoms with van der Waals surface area (Å²) in [7, 11) is 1.56. The van der Waals surface area contributed by atoms with Crippen LogP contribution in [0, 0.1) is 0 Å². The number of pyridine rings is 1. The molecule has 0 saturated carbocycles. The van der Waals surface area contributed by atoms with Gasteiger partial charge in [-0.15, -0.1) is 0 Å². The Bertz CT molecular complexity index is 587. The molecule has 0 spiro atoms. The molecule has 5 heteroatoms. The fraction of sp³-hybridized carbons (Fsp3) is 0.267. The second kappa shape index (κ2) is 6.59. The number of aromatic nitrogens is 1. The molecule has 0 amide bonds. The molecular formula is C15H16ClNO3. The lowest BCUT2D eigenvalue weighted by molar-refractivity contribution is 0.190. The van der Waals surface area contributed by atoms with Crippen LogP contribution in [0.3, 0.4) is 0 Å². The van der Waals surface area contributed by atoms with Crippen LogP contribution in [0.5, 0.6) is 11.6 Å². The monoisotopic (exact) mass is 293 g/mol. The minimum Gasteiger partial charge on any atom is -0.488 e. The number of hydrogen-bond acceptors (Lipinski definition) is 4. The number of halogens is 1. The first-order chi connectivity index (χ1) is 9.61. The smallest absolute Gasteiger partial charge is 0.219 e. The van der Waals surface area contributed by atoms with Gasteiger partial charge in [-0.25, -0.2) is 4.98 Å². The van der Waals surface area contributed by atoms with E-state index in [9.17, 15) is 5.11 Å². The quantitative estimate of drug-likeness (QED) is 0.918. The molecule has 1 atom stereocenters. The van der Waals surface area contributed by atoms with E-state index in [4.69, 9.17) is 21.1 Å². The van der Waals surface area contributed by atoms with Crippen LogP contribution in [0.4, 0.5) is 0 Å². The average Bonchev–Trinajstić information content (AvgIpc) is 2.46. The van der Waals surface area contributed by atoms with E-state index in [1.54, 1.807) is 38.4 Å². The Morgan fingerprint density at radius 3 is 2.85 bits per heavy atom. The van der Waals surface area contributed by atoms with E-state index in [-0.39, 0.29) is 0 Å².